The maximum Gasteiger partial charge on any atom is 0.321 e. The summed E-state index contributed by atoms with van der Waals surface area (Å²) >= 11 is 6.42. The molecule has 0 aromatic heterocycles. The van der Waals surface area contributed by atoms with Gasteiger partial charge in [-0.15, -0.1) is 0 Å². The molecule has 0 radical (unpaired) electrons. The van der Waals surface area contributed by atoms with Crippen molar-refractivity contribution in [3.05, 3.63) is 41.5 Å². The van der Waals surface area contributed by atoms with Crippen molar-refractivity contribution in [1.29, 1.82) is 0 Å². The maximum atomic E-state index is 12.3. The molecule has 0 spiro atoms. The molecule has 1 aliphatic heterocycles. The number of benzene rings is 1. The van der Waals surface area contributed by atoms with E-state index in [9.17, 15) is 14.4 Å². The molecule has 0 saturated carbocycles. The highest BCUT2D eigenvalue weighted by Gasteiger charge is 2.48. The summed E-state index contributed by atoms with van der Waals surface area (Å²) < 4.78 is 15.0. The molecule has 1 atom stereocenters. The Labute approximate surface area is 150 Å². The summed E-state index contributed by atoms with van der Waals surface area (Å²) in [6.45, 7) is 3.28. The Morgan fingerprint density at radius 1 is 1.16 bits per heavy atom. The van der Waals surface area contributed by atoms with Crippen LogP contribution in [0.1, 0.15) is 19.4 Å². The Bertz CT molecular complexity index is 664. The summed E-state index contributed by atoms with van der Waals surface area (Å²) in [7, 11) is 0. The lowest BCUT2D eigenvalue weighted by Gasteiger charge is -2.19. The van der Waals surface area contributed by atoms with Crippen LogP contribution in [-0.4, -0.2) is 37.7 Å². The molecule has 1 aromatic rings. The van der Waals surface area contributed by atoms with Gasteiger partial charge in [-0.3, -0.25) is 14.4 Å². The van der Waals surface area contributed by atoms with E-state index in [1.807, 2.05) is 6.07 Å². The van der Waals surface area contributed by atoms with Crippen molar-refractivity contribution in [2.24, 2.45) is 11.8 Å². The van der Waals surface area contributed by atoms with Crippen LogP contribution in [0.3, 0.4) is 0 Å². The van der Waals surface area contributed by atoms with Gasteiger partial charge in [0.25, 0.3) is 0 Å². The van der Waals surface area contributed by atoms with Crippen LogP contribution in [-0.2, 0) is 28.6 Å². The molecule has 25 heavy (non-hydrogen) atoms. The summed E-state index contributed by atoms with van der Waals surface area (Å²) in [6, 6.07) is 8.93. The van der Waals surface area contributed by atoms with Crippen LogP contribution in [0.5, 0.6) is 0 Å². The average molecular weight is 367 g/mol. The number of hydrogen-bond donors (Lipinski definition) is 0. The van der Waals surface area contributed by atoms with E-state index in [-0.39, 0.29) is 24.9 Å². The van der Waals surface area contributed by atoms with Crippen LogP contribution >= 0.6 is 11.6 Å². The summed E-state index contributed by atoms with van der Waals surface area (Å²) in [5, 5.41) is 0.273. The van der Waals surface area contributed by atoms with E-state index in [1.54, 1.807) is 38.1 Å². The van der Waals surface area contributed by atoms with Gasteiger partial charge in [0, 0.05) is 5.57 Å². The van der Waals surface area contributed by atoms with E-state index in [0.717, 1.165) is 0 Å². The lowest BCUT2D eigenvalue weighted by Crippen LogP contribution is -2.37. The largest absolute Gasteiger partial charge is 0.465 e. The Kier molecular flexibility index (Phi) is 6.58. The summed E-state index contributed by atoms with van der Waals surface area (Å²) in [5.74, 6) is -4.97. The number of carbonyl (C=O) groups excluding carboxylic acids is 3. The first-order chi connectivity index (χ1) is 12.0. The van der Waals surface area contributed by atoms with Gasteiger partial charge in [0.05, 0.1) is 18.2 Å². The van der Waals surface area contributed by atoms with Crippen LogP contribution in [0.25, 0.3) is 5.03 Å². The van der Waals surface area contributed by atoms with Gasteiger partial charge >= 0.3 is 17.9 Å². The third-order valence-corrected chi connectivity index (χ3v) is 4.18. The molecule has 0 N–H and O–H groups in total. The zero-order valence-corrected chi connectivity index (χ0v) is 14.7. The van der Waals surface area contributed by atoms with Gasteiger partial charge in [-0.05, 0) is 19.4 Å². The van der Waals surface area contributed by atoms with Crippen molar-refractivity contribution in [2.75, 3.05) is 19.8 Å². The predicted octanol–water partition coefficient (Wildman–Crippen LogP) is 2.55. The average Bonchev–Trinajstić information content (AvgIpc) is 2.97. The monoisotopic (exact) mass is 366 g/mol. The predicted molar refractivity (Wildman–Crippen MR) is 90.4 cm³/mol. The molecule has 134 valence electrons. The molecule has 0 amide bonds. The van der Waals surface area contributed by atoms with Gasteiger partial charge < -0.3 is 14.2 Å². The Morgan fingerprint density at radius 2 is 1.72 bits per heavy atom. The van der Waals surface area contributed by atoms with Crippen molar-refractivity contribution in [2.45, 2.75) is 13.8 Å². The molecule has 1 fully saturated rings. The second-order valence-electron chi connectivity index (χ2n) is 5.27. The number of rotatable bonds is 6. The van der Waals surface area contributed by atoms with E-state index in [4.69, 9.17) is 25.8 Å². The third-order valence-electron chi connectivity index (χ3n) is 3.72. The van der Waals surface area contributed by atoms with Gasteiger partial charge in [-0.25, -0.2) is 0 Å². The molecular formula is C18H19ClO6. The molecule has 1 saturated heterocycles. The lowest BCUT2D eigenvalue weighted by molar-refractivity contribution is -0.167. The first-order valence-electron chi connectivity index (χ1n) is 7.95. The first-order valence-corrected chi connectivity index (χ1v) is 8.32. The minimum Gasteiger partial charge on any atom is -0.465 e. The Morgan fingerprint density at radius 3 is 2.24 bits per heavy atom. The molecule has 2 rings (SSSR count). The van der Waals surface area contributed by atoms with Crippen LogP contribution in [0, 0.1) is 11.8 Å². The van der Waals surface area contributed by atoms with Crippen LogP contribution in [0.4, 0.5) is 0 Å². The SMILES string of the molecule is CCOC(=O)C(C(=O)OCC)C1C(=O)OC/C1=C(\Cl)c1ccccc1. The highest BCUT2D eigenvalue weighted by atomic mass is 35.5. The zero-order valence-electron chi connectivity index (χ0n) is 14.0. The zero-order chi connectivity index (χ0) is 18.4. The molecule has 1 aliphatic rings. The number of carbonyl (C=O) groups is 3. The highest BCUT2D eigenvalue weighted by Crippen LogP contribution is 2.37. The molecule has 1 unspecified atom stereocenters. The van der Waals surface area contributed by atoms with Crippen LogP contribution in [0.2, 0.25) is 0 Å². The first kappa shape index (κ1) is 19.0. The highest BCUT2D eigenvalue weighted by molar-refractivity contribution is 6.49. The fraction of sp³-hybridized carbons (Fsp3) is 0.389. The molecule has 0 aliphatic carbocycles. The van der Waals surface area contributed by atoms with Gasteiger partial charge in [-0.2, -0.15) is 0 Å². The van der Waals surface area contributed by atoms with E-state index >= 15 is 0 Å². The minimum atomic E-state index is -1.44. The molecule has 7 heteroatoms. The number of ether oxygens (including phenoxy) is 3. The number of cyclic esters (lactones) is 1. The second-order valence-corrected chi connectivity index (χ2v) is 5.65. The standard InChI is InChI=1S/C18H19ClO6/c1-3-23-17(21)14(18(22)24-4-2)13-12(10-25-16(13)20)15(19)11-8-6-5-7-9-11/h5-9,13-14H,3-4,10H2,1-2H3/b15-12+. The molecule has 6 nitrogen and oxygen atoms in total. The summed E-state index contributed by atoms with van der Waals surface area (Å²) in [5.41, 5.74) is 1.03. The van der Waals surface area contributed by atoms with Gasteiger partial charge in [0.2, 0.25) is 0 Å². The number of hydrogen-bond acceptors (Lipinski definition) is 6. The molecular weight excluding hydrogens is 348 g/mol. The van der Waals surface area contributed by atoms with Gasteiger partial charge in [0.1, 0.15) is 12.5 Å². The Balaban J connectivity index is 2.47. The minimum absolute atomic E-state index is 0.0714. The normalized spacial score (nSPS) is 18.7. The number of halogens is 1. The summed E-state index contributed by atoms with van der Waals surface area (Å²) in [4.78, 5) is 36.8. The molecule has 0 bridgehead atoms. The van der Waals surface area contributed by atoms with Crippen LogP contribution in [0.15, 0.2) is 35.9 Å². The second kappa shape index (κ2) is 8.67. The van der Waals surface area contributed by atoms with Gasteiger partial charge in [-0.1, -0.05) is 41.9 Å². The topological polar surface area (TPSA) is 78.9 Å². The molecule has 1 heterocycles. The maximum absolute atomic E-state index is 12.3. The summed E-state index contributed by atoms with van der Waals surface area (Å²) in [6.07, 6.45) is 0. The van der Waals surface area contributed by atoms with Crippen molar-refractivity contribution < 1.29 is 28.6 Å². The van der Waals surface area contributed by atoms with Crippen molar-refractivity contribution >= 4 is 34.5 Å². The van der Waals surface area contributed by atoms with Crippen molar-refractivity contribution in [3.63, 3.8) is 0 Å². The molecule has 1 aromatic carbocycles. The number of esters is 3. The third kappa shape index (κ3) is 4.20. The van der Waals surface area contributed by atoms with Crippen LogP contribution < -0.4 is 0 Å². The quantitative estimate of drug-likeness (QED) is 0.437. The van der Waals surface area contributed by atoms with E-state index in [1.165, 1.54) is 0 Å². The Hall–Kier alpha value is -2.34. The van der Waals surface area contributed by atoms with E-state index in [2.05, 4.69) is 0 Å². The van der Waals surface area contributed by atoms with E-state index < -0.39 is 29.7 Å². The fourth-order valence-corrected chi connectivity index (χ4v) is 2.91. The van der Waals surface area contributed by atoms with Crippen molar-refractivity contribution in [3.8, 4) is 0 Å². The van der Waals surface area contributed by atoms with Crippen molar-refractivity contribution in [1.82, 2.24) is 0 Å². The van der Waals surface area contributed by atoms with E-state index in [0.29, 0.717) is 11.1 Å². The smallest absolute Gasteiger partial charge is 0.321 e. The fourth-order valence-electron chi connectivity index (χ4n) is 2.61. The van der Waals surface area contributed by atoms with Gasteiger partial charge in [0.15, 0.2) is 5.92 Å². The lowest BCUT2D eigenvalue weighted by atomic mass is 9.86.